The van der Waals surface area contributed by atoms with Gasteiger partial charge in [-0.2, -0.15) is 0 Å². The summed E-state index contributed by atoms with van der Waals surface area (Å²) in [6, 6.07) is 8.46. The minimum Gasteiger partial charge on any atom is -0.384 e. The third kappa shape index (κ3) is 1.19. The van der Waals surface area contributed by atoms with E-state index >= 15 is 0 Å². The average Bonchev–Trinajstić information content (AvgIpc) is 2.33. The predicted octanol–water partition coefficient (Wildman–Crippen LogP) is 0.471. The molecule has 0 saturated carbocycles. The van der Waals surface area contributed by atoms with Crippen LogP contribution in [0.3, 0.4) is 0 Å². The monoisotopic (exact) mass is 197 g/mol. The minimum atomic E-state index is 0. The Kier molecular flexibility index (Phi) is 2.39. The van der Waals surface area contributed by atoms with Crippen LogP contribution >= 0.6 is 0 Å². The molecule has 0 aromatic heterocycles. The van der Waals surface area contributed by atoms with Crippen LogP contribution in [0, 0.1) is 0 Å². The van der Waals surface area contributed by atoms with Crippen molar-refractivity contribution < 1.29 is 0 Å². The van der Waals surface area contributed by atoms with Crippen molar-refractivity contribution in [3.05, 3.63) is 29.8 Å². The molecule has 0 fully saturated rings. The van der Waals surface area contributed by atoms with Crippen LogP contribution in [0.2, 0.25) is 0 Å². The summed E-state index contributed by atoms with van der Waals surface area (Å²) in [6.45, 7) is 1.11. The van der Waals surface area contributed by atoms with E-state index in [1.807, 2.05) is 0 Å². The molecule has 0 saturated heterocycles. The summed E-state index contributed by atoms with van der Waals surface area (Å²) in [7, 11) is 0. The Morgan fingerprint density at radius 1 is 1.20 bits per heavy atom. The van der Waals surface area contributed by atoms with Crippen LogP contribution in [0.25, 0.3) is 0 Å². The van der Waals surface area contributed by atoms with Crippen molar-refractivity contribution in [3.8, 4) is 0 Å². The number of rotatable bonds is 0. The Hall–Kier alpha value is -0.422. The number of anilines is 1. The molecule has 1 aromatic rings. The molecular formula is C8H12AsN. The summed E-state index contributed by atoms with van der Waals surface area (Å²) in [4.78, 5) is 0. The van der Waals surface area contributed by atoms with Crippen LogP contribution in [0.4, 0.5) is 5.69 Å². The first-order valence-corrected chi connectivity index (χ1v) is 3.28. The van der Waals surface area contributed by atoms with E-state index in [0.717, 1.165) is 6.54 Å². The van der Waals surface area contributed by atoms with Crippen molar-refractivity contribution in [2.45, 2.75) is 6.42 Å². The molecule has 1 unspecified atom stereocenters. The normalized spacial score (nSPS) is 13.2. The van der Waals surface area contributed by atoms with E-state index in [1.165, 1.54) is 17.7 Å². The first-order valence-electron chi connectivity index (χ1n) is 3.28. The molecule has 0 spiro atoms. The smallest absolute Gasteiger partial charge is 0.0373 e. The summed E-state index contributed by atoms with van der Waals surface area (Å²) in [5.74, 6) is 0. The van der Waals surface area contributed by atoms with Crippen LogP contribution < -0.4 is 5.32 Å². The standard InChI is InChI=1S/C8H9N.AsH3/c1-2-4-8-7(3-1)5-6-9-8;/h1-4,9H,5-6H2;1H3. The number of nitrogens with one attached hydrogen (secondary N) is 1. The molecule has 54 valence electrons. The fourth-order valence-corrected chi connectivity index (χ4v) is 1.24. The number of fused-ring (bicyclic) bond motifs is 1. The summed E-state index contributed by atoms with van der Waals surface area (Å²) in [5.41, 5.74) is 2.77. The van der Waals surface area contributed by atoms with Gasteiger partial charge in [-0.25, -0.2) is 0 Å². The Morgan fingerprint density at radius 2 is 2.00 bits per heavy atom. The third-order valence-corrected chi connectivity index (χ3v) is 1.73. The van der Waals surface area contributed by atoms with Gasteiger partial charge in [0.2, 0.25) is 0 Å². The zero-order valence-electron chi connectivity index (χ0n) is 5.93. The second-order valence-corrected chi connectivity index (χ2v) is 2.33. The van der Waals surface area contributed by atoms with Crippen molar-refractivity contribution in [1.29, 1.82) is 0 Å². The summed E-state index contributed by atoms with van der Waals surface area (Å²) in [5, 5.41) is 3.30. The molecule has 0 bridgehead atoms. The van der Waals surface area contributed by atoms with Gasteiger partial charge in [0.25, 0.3) is 0 Å². The second-order valence-electron chi connectivity index (χ2n) is 2.33. The first kappa shape index (κ1) is 7.68. The van der Waals surface area contributed by atoms with Gasteiger partial charge in [0.15, 0.2) is 0 Å². The van der Waals surface area contributed by atoms with Gasteiger partial charge in [-0.05, 0) is 18.1 Å². The molecule has 2 heteroatoms. The maximum Gasteiger partial charge on any atom is 0.0373 e. The SMILES string of the molecule is [AsH3].c1ccc2c(c1)CCN2. The molecule has 1 atom stereocenters. The molecule has 0 amide bonds. The van der Waals surface area contributed by atoms with E-state index in [1.54, 1.807) is 0 Å². The largest absolute Gasteiger partial charge is 0.384 e. The van der Waals surface area contributed by atoms with Crippen LogP contribution in [-0.4, -0.2) is 24.5 Å². The van der Waals surface area contributed by atoms with Crippen molar-refractivity contribution in [2.75, 3.05) is 11.9 Å². The average molecular weight is 197 g/mol. The van der Waals surface area contributed by atoms with Crippen LogP contribution in [0.1, 0.15) is 5.56 Å². The minimum absolute atomic E-state index is 0. The molecular weight excluding hydrogens is 185 g/mol. The number of benzene rings is 1. The van der Waals surface area contributed by atoms with E-state index in [2.05, 4.69) is 29.6 Å². The Morgan fingerprint density at radius 3 is 2.80 bits per heavy atom. The van der Waals surface area contributed by atoms with E-state index in [4.69, 9.17) is 0 Å². The van der Waals surface area contributed by atoms with Crippen LogP contribution in [0.15, 0.2) is 24.3 Å². The molecule has 0 aliphatic carbocycles. The molecule has 1 N–H and O–H groups in total. The van der Waals surface area contributed by atoms with Crippen LogP contribution in [-0.2, 0) is 6.42 Å². The zero-order chi connectivity index (χ0) is 6.10. The van der Waals surface area contributed by atoms with Crippen molar-refractivity contribution in [2.24, 2.45) is 0 Å². The third-order valence-electron chi connectivity index (χ3n) is 1.73. The Balaban J connectivity index is 0.000000500. The Bertz CT molecular complexity index is 199. The van der Waals surface area contributed by atoms with E-state index < -0.39 is 0 Å². The fourth-order valence-electron chi connectivity index (χ4n) is 1.24. The second kappa shape index (κ2) is 3.11. The van der Waals surface area contributed by atoms with Gasteiger partial charge in [0, 0.05) is 12.2 Å². The zero-order valence-corrected chi connectivity index (χ0v) is 8.90. The fraction of sp³-hybridized carbons (Fsp3) is 0.250. The van der Waals surface area contributed by atoms with Crippen LogP contribution in [0.5, 0.6) is 0 Å². The van der Waals surface area contributed by atoms with E-state index in [-0.39, 0.29) is 18.0 Å². The van der Waals surface area contributed by atoms with Gasteiger partial charge in [-0.1, -0.05) is 18.2 Å². The quantitative estimate of drug-likeness (QED) is 0.596. The van der Waals surface area contributed by atoms with E-state index in [9.17, 15) is 0 Å². The molecule has 1 aromatic carbocycles. The van der Waals surface area contributed by atoms with Crippen molar-refractivity contribution in [3.63, 3.8) is 0 Å². The van der Waals surface area contributed by atoms with Gasteiger partial charge in [-0.15, -0.1) is 0 Å². The number of hydrogen-bond donors (Lipinski definition) is 1. The molecule has 1 aliphatic heterocycles. The van der Waals surface area contributed by atoms with Gasteiger partial charge in [-0.3, -0.25) is 0 Å². The van der Waals surface area contributed by atoms with Gasteiger partial charge >= 0.3 is 18.0 Å². The Labute approximate surface area is 72.1 Å². The summed E-state index contributed by atoms with van der Waals surface area (Å²) < 4.78 is 0. The predicted molar refractivity (Wildman–Crippen MR) is 48.6 cm³/mol. The molecule has 1 heterocycles. The first-order chi connectivity index (χ1) is 4.47. The molecule has 2 rings (SSSR count). The summed E-state index contributed by atoms with van der Waals surface area (Å²) in [6.07, 6.45) is 1.19. The topological polar surface area (TPSA) is 12.0 Å². The van der Waals surface area contributed by atoms with Gasteiger partial charge in [0.05, 0.1) is 0 Å². The molecule has 10 heavy (non-hydrogen) atoms. The molecule has 0 radical (unpaired) electrons. The molecule has 1 aliphatic rings. The summed E-state index contributed by atoms with van der Waals surface area (Å²) >= 11 is 0. The van der Waals surface area contributed by atoms with E-state index in [0.29, 0.717) is 0 Å². The van der Waals surface area contributed by atoms with Gasteiger partial charge < -0.3 is 5.32 Å². The number of hydrogen-bond acceptors (Lipinski definition) is 1. The van der Waals surface area contributed by atoms with Crippen molar-refractivity contribution >= 4 is 23.6 Å². The van der Waals surface area contributed by atoms with Gasteiger partial charge in [0.1, 0.15) is 0 Å². The number of para-hydroxylation sites is 1. The van der Waals surface area contributed by atoms with Crippen molar-refractivity contribution in [1.82, 2.24) is 0 Å². The molecule has 1 nitrogen and oxygen atoms in total. The maximum absolute atomic E-state index is 3.30. The maximum atomic E-state index is 3.30.